The van der Waals surface area contributed by atoms with Gasteiger partial charge in [0, 0.05) is 0 Å². The number of hydrogen-bond acceptors (Lipinski definition) is 4. The fraction of sp³-hybridized carbons (Fsp3) is 0.294. The van der Waals surface area contributed by atoms with Gasteiger partial charge in [-0.25, -0.2) is 0 Å². The zero-order valence-electron chi connectivity index (χ0n) is 13.4. The van der Waals surface area contributed by atoms with Crippen LogP contribution in [0.15, 0.2) is 34.7 Å². The van der Waals surface area contributed by atoms with E-state index >= 15 is 0 Å². The Morgan fingerprint density at radius 3 is 2.39 bits per heavy atom. The van der Waals surface area contributed by atoms with Crippen molar-refractivity contribution in [2.75, 3.05) is 6.61 Å². The first kappa shape index (κ1) is 16.6. The number of rotatable bonds is 5. The number of benzene rings is 1. The van der Waals surface area contributed by atoms with Crippen molar-refractivity contribution >= 4 is 11.8 Å². The molecule has 0 bridgehead atoms. The van der Waals surface area contributed by atoms with Crippen LogP contribution in [0.3, 0.4) is 0 Å². The van der Waals surface area contributed by atoms with E-state index in [0.29, 0.717) is 22.8 Å². The fourth-order valence-electron chi connectivity index (χ4n) is 2.06. The van der Waals surface area contributed by atoms with Crippen LogP contribution in [0.25, 0.3) is 0 Å². The Bertz CT molecular complexity index is 689. The minimum Gasteiger partial charge on any atom is -0.484 e. The highest BCUT2D eigenvalue weighted by molar-refractivity contribution is 5.96. The van der Waals surface area contributed by atoms with E-state index in [4.69, 9.17) is 9.15 Å². The molecule has 0 unspecified atom stereocenters. The van der Waals surface area contributed by atoms with Gasteiger partial charge in [-0.1, -0.05) is 19.1 Å². The number of carbonyl (C=O) groups is 2. The molecule has 2 amide bonds. The number of furan rings is 1. The molecule has 2 N–H and O–H groups in total. The first-order valence-corrected chi connectivity index (χ1v) is 7.37. The van der Waals surface area contributed by atoms with Gasteiger partial charge >= 0.3 is 0 Å². The maximum Gasteiger partial charge on any atom is 0.276 e. The summed E-state index contributed by atoms with van der Waals surface area (Å²) < 4.78 is 10.6. The van der Waals surface area contributed by atoms with Crippen LogP contribution in [0, 0.1) is 13.8 Å². The zero-order valence-corrected chi connectivity index (χ0v) is 13.4. The van der Waals surface area contributed by atoms with Gasteiger partial charge in [0.2, 0.25) is 0 Å². The van der Waals surface area contributed by atoms with Crippen LogP contribution >= 0.6 is 0 Å². The number of hydrazine groups is 1. The van der Waals surface area contributed by atoms with E-state index in [0.717, 1.165) is 6.42 Å². The number of nitrogens with one attached hydrogen (secondary N) is 2. The predicted molar refractivity (Wildman–Crippen MR) is 85.1 cm³/mol. The van der Waals surface area contributed by atoms with Crippen molar-refractivity contribution in [1.82, 2.24) is 10.9 Å². The Morgan fingerprint density at radius 2 is 1.83 bits per heavy atom. The summed E-state index contributed by atoms with van der Waals surface area (Å²) in [5, 5.41) is 0. The van der Waals surface area contributed by atoms with Crippen LogP contribution in [0.1, 0.15) is 34.4 Å². The summed E-state index contributed by atoms with van der Waals surface area (Å²) in [6, 6.07) is 9.12. The summed E-state index contributed by atoms with van der Waals surface area (Å²) in [5.41, 5.74) is 6.22. The Hall–Kier alpha value is -2.76. The lowest BCUT2D eigenvalue weighted by Gasteiger charge is -2.08. The maximum absolute atomic E-state index is 11.9. The molecule has 0 fully saturated rings. The van der Waals surface area contributed by atoms with Crippen LogP contribution in [-0.4, -0.2) is 18.4 Å². The summed E-state index contributed by atoms with van der Waals surface area (Å²) in [4.78, 5) is 23.6. The summed E-state index contributed by atoms with van der Waals surface area (Å²) in [5.74, 6) is 0.861. The van der Waals surface area contributed by atoms with Crippen LogP contribution in [0.5, 0.6) is 5.75 Å². The summed E-state index contributed by atoms with van der Waals surface area (Å²) in [6.07, 6.45) is 0.944. The lowest BCUT2D eigenvalue weighted by atomic mass is 10.2. The van der Waals surface area contributed by atoms with Crippen LogP contribution in [0.4, 0.5) is 0 Å². The molecule has 0 saturated carbocycles. The standard InChI is InChI=1S/C17H20N2O4/c1-4-13-5-7-14(8-6-13)22-10-16(20)18-19-17(21)15-9-11(2)23-12(15)3/h5-9H,4,10H2,1-3H3,(H,18,20)(H,19,21). The highest BCUT2D eigenvalue weighted by atomic mass is 16.5. The van der Waals surface area contributed by atoms with Crippen molar-refractivity contribution in [3.8, 4) is 5.75 Å². The largest absolute Gasteiger partial charge is 0.484 e. The topological polar surface area (TPSA) is 80.6 Å². The molecule has 2 aromatic rings. The molecule has 122 valence electrons. The van der Waals surface area contributed by atoms with Crippen molar-refractivity contribution in [1.29, 1.82) is 0 Å². The number of carbonyl (C=O) groups excluding carboxylic acids is 2. The second-order valence-corrected chi connectivity index (χ2v) is 5.12. The van der Waals surface area contributed by atoms with E-state index in [1.807, 2.05) is 24.3 Å². The van der Waals surface area contributed by atoms with Crippen molar-refractivity contribution < 1.29 is 18.7 Å². The first-order valence-electron chi connectivity index (χ1n) is 7.37. The van der Waals surface area contributed by atoms with Gasteiger partial charge in [0.15, 0.2) is 6.61 Å². The van der Waals surface area contributed by atoms with Crippen LogP contribution < -0.4 is 15.6 Å². The van der Waals surface area contributed by atoms with Gasteiger partial charge in [-0.2, -0.15) is 0 Å². The predicted octanol–water partition coefficient (Wildman–Crippen LogP) is 2.30. The zero-order chi connectivity index (χ0) is 16.8. The Balaban J connectivity index is 1.78. The number of hydrogen-bond donors (Lipinski definition) is 2. The fourth-order valence-corrected chi connectivity index (χ4v) is 2.06. The maximum atomic E-state index is 11.9. The van der Waals surface area contributed by atoms with E-state index in [1.54, 1.807) is 19.9 Å². The molecular formula is C17H20N2O4. The van der Waals surface area contributed by atoms with E-state index in [2.05, 4.69) is 17.8 Å². The molecule has 23 heavy (non-hydrogen) atoms. The Morgan fingerprint density at radius 1 is 1.13 bits per heavy atom. The van der Waals surface area contributed by atoms with Gasteiger partial charge in [-0.15, -0.1) is 0 Å². The van der Waals surface area contributed by atoms with Crippen molar-refractivity contribution in [3.63, 3.8) is 0 Å². The van der Waals surface area contributed by atoms with E-state index in [9.17, 15) is 9.59 Å². The molecule has 0 aliphatic heterocycles. The molecule has 0 saturated heterocycles. The minimum atomic E-state index is -0.448. The monoisotopic (exact) mass is 316 g/mol. The van der Waals surface area contributed by atoms with E-state index < -0.39 is 11.8 Å². The molecule has 0 spiro atoms. The lowest BCUT2D eigenvalue weighted by Crippen LogP contribution is -2.43. The van der Waals surface area contributed by atoms with Gasteiger partial charge in [0.05, 0.1) is 5.56 Å². The van der Waals surface area contributed by atoms with Crippen molar-refractivity contribution in [3.05, 3.63) is 53.0 Å². The first-order chi connectivity index (χ1) is 11.0. The number of amides is 2. The smallest absolute Gasteiger partial charge is 0.276 e. The average Bonchev–Trinajstić information content (AvgIpc) is 2.89. The van der Waals surface area contributed by atoms with Gasteiger partial charge in [0.1, 0.15) is 17.3 Å². The Labute approximate surface area is 134 Å². The molecular weight excluding hydrogens is 296 g/mol. The molecule has 1 aromatic carbocycles. The molecule has 2 rings (SSSR count). The number of aryl methyl sites for hydroxylation is 3. The van der Waals surface area contributed by atoms with Crippen molar-refractivity contribution in [2.45, 2.75) is 27.2 Å². The van der Waals surface area contributed by atoms with E-state index in [-0.39, 0.29) is 6.61 Å². The van der Waals surface area contributed by atoms with Gasteiger partial charge < -0.3 is 9.15 Å². The quantitative estimate of drug-likeness (QED) is 0.829. The van der Waals surface area contributed by atoms with Crippen LogP contribution in [0.2, 0.25) is 0 Å². The summed E-state index contributed by atoms with van der Waals surface area (Å²) in [7, 11) is 0. The normalized spacial score (nSPS) is 10.2. The van der Waals surface area contributed by atoms with Crippen molar-refractivity contribution in [2.24, 2.45) is 0 Å². The highest BCUT2D eigenvalue weighted by Crippen LogP contribution is 2.13. The molecule has 0 radical (unpaired) electrons. The lowest BCUT2D eigenvalue weighted by molar-refractivity contribution is -0.123. The molecule has 1 heterocycles. The third-order valence-corrected chi connectivity index (χ3v) is 3.30. The summed E-state index contributed by atoms with van der Waals surface area (Å²) in [6.45, 7) is 5.32. The summed E-state index contributed by atoms with van der Waals surface area (Å²) >= 11 is 0. The second kappa shape index (κ2) is 7.49. The molecule has 0 aliphatic rings. The molecule has 0 aliphatic carbocycles. The molecule has 6 heteroatoms. The molecule has 1 aromatic heterocycles. The van der Waals surface area contributed by atoms with Crippen LogP contribution in [-0.2, 0) is 11.2 Å². The second-order valence-electron chi connectivity index (χ2n) is 5.12. The Kier molecular flexibility index (Phi) is 5.41. The third-order valence-electron chi connectivity index (χ3n) is 3.30. The minimum absolute atomic E-state index is 0.185. The average molecular weight is 316 g/mol. The molecule has 0 atom stereocenters. The molecule has 6 nitrogen and oxygen atoms in total. The van der Waals surface area contributed by atoms with Gasteiger partial charge in [0.25, 0.3) is 11.8 Å². The van der Waals surface area contributed by atoms with Gasteiger partial charge in [-0.3, -0.25) is 20.4 Å². The number of ether oxygens (including phenoxy) is 1. The van der Waals surface area contributed by atoms with E-state index in [1.165, 1.54) is 5.56 Å². The third kappa shape index (κ3) is 4.60. The highest BCUT2D eigenvalue weighted by Gasteiger charge is 2.14. The van der Waals surface area contributed by atoms with Gasteiger partial charge in [-0.05, 0) is 44.0 Å². The SMILES string of the molecule is CCc1ccc(OCC(=O)NNC(=O)c2cc(C)oc2C)cc1.